The van der Waals surface area contributed by atoms with Crippen molar-refractivity contribution in [3.63, 3.8) is 0 Å². The lowest BCUT2D eigenvalue weighted by molar-refractivity contribution is 0.457. The normalized spacial score (nSPS) is 10.9. The highest BCUT2D eigenvalue weighted by Crippen LogP contribution is 2.30. The van der Waals surface area contributed by atoms with E-state index in [4.69, 9.17) is 27.9 Å². The fourth-order valence-electron chi connectivity index (χ4n) is 1.74. The summed E-state index contributed by atoms with van der Waals surface area (Å²) >= 11 is 15.3. The molecule has 0 radical (unpaired) electrons. The van der Waals surface area contributed by atoms with Crippen LogP contribution in [0.15, 0.2) is 35.1 Å². The number of halogens is 3. The molecule has 3 rings (SSSR count). The van der Waals surface area contributed by atoms with Gasteiger partial charge in [0, 0.05) is 5.69 Å². The molecule has 2 aromatic heterocycles. The highest BCUT2D eigenvalue weighted by Gasteiger charge is 2.08. The molecule has 0 N–H and O–H groups in total. The molecule has 0 atom stereocenters. The van der Waals surface area contributed by atoms with Gasteiger partial charge in [-0.15, -0.1) is 0 Å². The first kappa shape index (κ1) is 14.5. The van der Waals surface area contributed by atoms with E-state index in [1.54, 1.807) is 12.1 Å². The summed E-state index contributed by atoms with van der Waals surface area (Å²) in [5.41, 5.74) is 2.15. The number of aromatic nitrogens is 3. The number of hydrogen-bond acceptors (Lipinski definition) is 4. The molecule has 0 saturated heterocycles. The predicted octanol–water partition coefficient (Wildman–Crippen LogP) is 5.19. The number of rotatable bonds is 2. The van der Waals surface area contributed by atoms with E-state index in [1.165, 1.54) is 6.20 Å². The van der Waals surface area contributed by atoms with Crippen LogP contribution in [0.25, 0.3) is 11.0 Å². The van der Waals surface area contributed by atoms with E-state index in [0.717, 1.165) is 5.69 Å². The SMILES string of the molecule is Cc1ccc(Oc2cnc3cc(Cl)c(Cl)cc3n2)c(Br)n1. The lowest BCUT2D eigenvalue weighted by atomic mass is 10.3. The van der Waals surface area contributed by atoms with Crippen molar-refractivity contribution >= 4 is 50.2 Å². The third-order valence-corrected chi connectivity index (χ3v) is 4.02. The second kappa shape index (κ2) is 5.75. The minimum absolute atomic E-state index is 0.354. The molecule has 106 valence electrons. The zero-order valence-corrected chi connectivity index (χ0v) is 13.9. The molecule has 0 saturated carbocycles. The number of nitrogens with zero attached hydrogens (tertiary/aromatic N) is 3. The van der Waals surface area contributed by atoms with Gasteiger partial charge in [-0.3, -0.25) is 0 Å². The summed E-state index contributed by atoms with van der Waals surface area (Å²) in [6.45, 7) is 1.90. The zero-order valence-electron chi connectivity index (χ0n) is 10.8. The first-order chi connectivity index (χ1) is 10.0. The van der Waals surface area contributed by atoms with E-state index >= 15 is 0 Å². The van der Waals surface area contributed by atoms with Gasteiger partial charge in [-0.2, -0.15) is 0 Å². The Kier molecular flexibility index (Phi) is 3.97. The van der Waals surface area contributed by atoms with E-state index < -0.39 is 0 Å². The lowest BCUT2D eigenvalue weighted by Gasteiger charge is -2.07. The molecule has 4 nitrogen and oxygen atoms in total. The minimum Gasteiger partial charge on any atom is -0.435 e. The van der Waals surface area contributed by atoms with Crippen molar-refractivity contribution in [2.45, 2.75) is 6.92 Å². The summed E-state index contributed by atoms with van der Waals surface area (Å²) in [7, 11) is 0. The molecular formula is C14H8BrCl2N3O. The van der Waals surface area contributed by atoms with Crippen molar-refractivity contribution in [2.75, 3.05) is 0 Å². The molecule has 0 spiro atoms. The van der Waals surface area contributed by atoms with Gasteiger partial charge in [0.1, 0.15) is 4.60 Å². The standard InChI is InChI=1S/C14H8BrCl2N3O/c1-7-2-3-12(14(15)19-7)21-13-6-18-10-4-8(16)9(17)5-11(10)20-13/h2-6H,1H3. The van der Waals surface area contributed by atoms with E-state index in [-0.39, 0.29) is 0 Å². The molecule has 0 aliphatic carbocycles. The maximum atomic E-state index is 5.98. The second-order valence-electron chi connectivity index (χ2n) is 4.31. The highest BCUT2D eigenvalue weighted by atomic mass is 79.9. The summed E-state index contributed by atoms with van der Waals surface area (Å²) in [6.07, 6.45) is 1.53. The minimum atomic E-state index is 0.354. The fraction of sp³-hybridized carbons (Fsp3) is 0.0714. The average Bonchev–Trinajstić information content (AvgIpc) is 2.43. The van der Waals surface area contributed by atoms with Crippen LogP contribution in [0.3, 0.4) is 0 Å². The van der Waals surface area contributed by atoms with Crippen LogP contribution in [0.5, 0.6) is 11.6 Å². The van der Waals surface area contributed by atoms with Crippen LogP contribution >= 0.6 is 39.1 Å². The van der Waals surface area contributed by atoms with Crippen LogP contribution < -0.4 is 4.74 Å². The Bertz CT molecular complexity index is 842. The van der Waals surface area contributed by atoms with E-state index in [1.807, 2.05) is 19.1 Å². The summed E-state index contributed by atoms with van der Waals surface area (Å²) in [5.74, 6) is 0.918. The van der Waals surface area contributed by atoms with E-state index in [9.17, 15) is 0 Å². The molecule has 0 unspecified atom stereocenters. The summed E-state index contributed by atoms with van der Waals surface area (Å²) < 4.78 is 6.29. The maximum absolute atomic E-state index is 5.98. The molecule has 0 aliphatic heterocycles. The lowest BCUT2D eigenvalue weighted by Crippen LogP contribution is -1.93. The first-order valence-electron chi connectivity index (χ1n) is 5.96. The topological polar surface area (TPSA) is 47.9 Å². The van der Waals surface area contributed by atoms with Crippen LogP contribution in [0.1, 0.15) is 5.69 Å². The number of benzene rings is 1. The number of hydrogen-bond donors (Lipinski definition) is 0. The molecule has 3 aromatic rings. The largest absolute Gasteiger partial charge is 0.435 e. The van der Waals surface area contributed by atoms with Crippen LogP contribution in [0, 0.1) is 6.92 Å². The fourth-order valence-corrected chi connectivity index (χ4v) is 2.55. The van der Waals surface area contributed by atoms with Gasteiger partial charge in [0.15, 0.2) is 5.75 Å². The third-order valence-electron chi connectivity index (χ3n) is 2.73. The van der Waals surface area contributed by atoms with Crippen LogP contribution in [0.2, 0.25) is 10.0 Å². The molecule has 21 heavy (non-hydrogen) atoms. The van der Waals surface area contributed by atoms with Gasteiger partial charge < -0.3 is 4.74 Å². The third kappa shape index (κ3) is 3.10. The Balaban J connectivity index is 1.99. The molecule has 0 aliphatic rings. The summed E-state index contributed by atoms with van der Waals surface area (Å²) in [5, 5.41) is 0.867. The van der Waals surface area contributed by atoms with Crippen LogP contribution in [-0.2, 0) is 0 Å². The van der Waals surface area contributed by atoms with Crippen molar-refractivity contribution < 1.29 is 4.74 Å². The molecular weight excluding hydrogens is 377 g/mol. The van der Waals surface area contributed by atoms with Crippen molar-refractivity contribution in [1.82, 2.24) is 15.0 Å². The Hall–Kier alpha value is -1.43. The van der Waals surface area contributed by atoms with Crippen molar-refractivity contribution in [1.29, 1.82) is 0 Å². The van der Waals surface area contributed by atoms with E-state index in [2.05, 4.69) is 30.9 Å². The Morgan fingerprint density at radius 2 is 1.76 bits per heavy atom. The van der Waals surface area contributed by atoms with Crippen molar-refractivity contribution in [3.05, 3.63) is 50.8 Å². The predicted molar refractivity (Wildman–Crippen MR) is 86.3 cm³/mol. The van der Waals surface area contributed by atoms with Gasteiger partial charge in [0.2, 0.25) is 5.88 Å². The van der Waals surface area contributed by atoms with Crippen LogP contribution in [-0.4, -0.2) is 15.0 Å². The molecule has 0 bridgehead atoms. The van der Waals surface area contributed by atoms with E-state index in [0.29, 0.717) is 37.3 Å². The van der Waals surface area contributed by atoms with Crippen molar-refractivity contribution in [3.8, 4) is 11.6 Å². The molecule has 2 heterocycles. The molecule has 0 fully saturated rings. The van der Waals surface area contributed by atoms with Crippen molar-refractivity contribution in [2.24, 2.45) is 0 Å². The maximum Gasteiger partial charge on any atom is 0.238 e. The first-order valence-corrected chi connectivity index (χ1v) is 7.50. The summed E-state index contributed by atoms with van der Waals surface area (Å²) in [4.78, 5) is 12.9. The highest BCUT2D eigenvalue weighted by molar-refractivity contribution is 9.10. The van der Waals surface area contributed by atoms with Gasteiger partial charge in [-0.05, 0) is 47.1 Å². The number of fused-ring (bicyclic) bond motifs is 1. The van der Waals surface area contributed by atoms with Gasteiger partial charge in [0.05, 0.1) is 27.3 Å². The Morgan fingerprint density at radius 3 is 2.48 bits per heavy atom. The smallest absolute Gasteiger partial charge is 0.238 e. The molecule has 7 heteroatoms. The number of aryl methyl sites for hydroxylation is 1. The number of pyridine rings is 1. The quantitative estimate of drug-likeness (QED) is 0.570. The Labute approximate surface area is 139 Å². The van der Waals surface area contributed by atoms with Gasteiger partial charge in [-0.1, -0.05) is 23.2 Å². The van der Waals surface area contributed by atoms with Gasteiger partial charge >= 0.3 is 0 Å². The average molecular weight is 385 g/mol. The number of ether oxygens (including phenoxy) is 1. The second-order valence-corrected chi connectivity index (χ2v) is 5.87. The monoisotopic (exact) mass is 383 g/mol. The zero-order chi connectivity index (χ0) is 15.0. The van der Waals surface area contributed by atoms with Crippen LogP contribution in [0.4, 0.5) is 0 Å². The molecule has 0 amide bonds. The van der Waals surface area contributed by atoms with Gasteiger partial charge in [-0.25, -0.2) is 15.0 Å². The van der Waals surface area contributed by atoms with Gasteiger partial charge in [0.25, 0.3) is 0 Å². The summed E-state index contributed by atoms with van der Waals surface area (Å²) in [6, 6.07) is 6.99. The molecule has 1 aromatic carbocycles. The Morgan fingerprint density at radius 1 is 1.05 bits per heavy atom.